The summed E-state index contributed by atoms with van der Waals surface area (Å²) in [4.78, 5) is 11.4. The monoisotopic (exact) mass is 257 g/mol. The van der Waals surface area contributed by atoms with Crippen LogP contribution in [-0.4, -0.2) is 19.6 Å². The SMILES string of the molecule is CC(C)S(=O)(=O)NC(=O)CCc1ccccc1.[HH]. The third-order valence-electron chi connectivity index (χ3n) is 2.36. The van der Waals surface area contributed by atoms with Crippen molar-refractivity contribution in [1.82, 2.24) is 4.72 Å². The lowest BCUT2D eigenvalue weighted by Gasteiger charge is -2.09. The zero-order chi connectivity index (χ0) is 12.9. The van der Waals surface area contributed by atoms with Crippen molar-refractivity contribution in [2.24, 2.45) is 0 Å². The van der Waals surface area contributed by atoms with Gasteiger partial charge in [-0.25, -0.2) is 8.42 Å². The van der Waals surface area contributed by atoms with E-state index < -0.39 is 21.2 Å². The summed E-state index contributed by atoms with van der Waals surface area (Å²) in [5.74, 6) is -0.456. The van der Waals surface area contributed by atoms with Crippen molar-refractivity contribution in [3.8, 4) is 0 Å². The Hall–Kier alpha value is -1.36. The van der Waals surface area contributed by atoms with Crippen LogP contribution in [0.1, 0.15) is 27.3 Å². The molecule has 0 spiro atoms. The van der Waals surface area contributed by atoms with E-state index in [0.29, 0.717) is 6.42 Å². The minimum atomic E-state index is -3.50. The molecule has 0 aliphatic rings. The summed E-state index contributed by atoms with van der Waals surface area (Å²) in [5, 5.41) is -0.594. The van der Waals surface area contributed by atoms with E-state index in [2.05, 4.69) is 4.72 Å². The summed E-state index contributed by atoms with van der Waals surface area (Å²) in [7, 11) is -3.50. The minimum Gasteiger partial charge on any atom is -0.274 e. The van der Waals surface area contributed by atoms with Crippen molar-refractivity contribution in [3.05, 3.63) is 35.9 Å². The van der Waals surface area contributed by atoms with E-state index in [1.165, 1.54) is 13.8 Å². The fraction of sp³-hybridized carbons (Fsp3) is 0.417. The van der Waals surface area contributed by atoms with Crippen molar-refractivity contribution >= 4 is 15.9 Å². The number of rotatable bonds is 5. The average Bonchev–Trinajstić information content (AvgIpc) is 2.27. The highest BCUT2D eigenvalue weighted by Crippen LogP contribution is 2.03. The van der Waals surface area contributed by atoms with Crippen molar-refractivity contribution in [2.45, 2.75) is 31.9 Å². The third kappa shape index (κ3) is 4.56. The van der Waals surface area contributed by atoms with Gasteiger partial charge in [-0.3, -0.25) is 9.52 Å². The zero-order valence-corrected chi connectivity index (χ0v) is 10.8. The Labute approximate surface area is 104 Å². The van der Waals surface area contributed by atoms with E-state index in [1.807, 2.05) is 30.3 Å². The van der Waals surface area contributed by atoms with E-state index >= 15 is 0 Å². The van der Waals surface area contributed by atoms with Crippen LogP contribution < -0.4 is 4.72 Å². The Kier molecular flexibility index (Phi) is 4.69. The average molecular weight is 257 g/mol. The van der Waals surface area contributed by atoms with Crippen LogP contribution in [0.25, 0.3) is 0 Å². The number of carbonyl (C=O) groups excluding carboxylic acids is 1. The van der Waals surface area contributed by atoms with Gasteiger partial charge in [0.2, 0.25) is 15.9 Å². The molecule has 0 atom stereocenters. The Morgan fingerprint density at radius 2 is 1.88 bits per heavy atom. The maximum atomic E-state index is 11.4. The molecule has 0 aliphatic heterocycles. The highest BCUT2D eigenvalue weighted by atomic mass is 32.2. The van der Waals surface area contributed by atoms with E-state index in [1.54, 1.807) is 0 Å². The van der Waals surface area contributed by atoms with Crippen LogP contribution in [0, 0.1) is 0 Å². The van der Waals surface area contributed by atoms with Gasteiger partial charge in [0.25, 0.3) is 0 Å². The largest absolute Gasteiger partial charge is 0.274 e. The molecule has 0 saturated carbocycles. The molecular formula is C12H19NO3S. The molecule has 1 aromatic rings. The fourth-order valence-electron chi connectivity index (χ4n) is 1.23. The molecule has 0 saturated heterocycles. The van der Waals surface area contributed by atoms with Crippen molar-refractivity contribution in [3.63, 3.8) is 0 Å². The Balaban J connectivity index is 0.00000289. The lowest BCUT2D eigenvalue weighted by molar-refractivity contribution is -0.119. The van der Waals surface area contributed by atoms with Gasteiger partial charge >= 0.3 is 0 Å². The molecule has 17 heavy (non-hydrogen) atoms. The number of sulfonamides is 1. The van der Waals surface area contributed by atoms with Gasteiger partial charge in [0.15, 0.2) is 0 Å². The van der Waals surface area contributed by atoms with E-state index in [4.69, 9.17) is 0 Å². The van der Waals surface area contributed by atoms with Crippen LogP contribution in [-0.2, 0) is 21.2 Å². The number of amides is 1. The van der Waals surface area contributed by atoms with Crippen LogP contribution >= 0.6 is 0 Å². The highest BCUT2D eigenvalue weighted by molar-refractivity contribution is 7.90. The molecule has 0 heterocycles. The molecule has 0 unspecified atom stereocenters. The zero-order valence-electron chi connectivity index (χ0n) is 10.0. The molecule has 0 aliphatic carbocycles. The van der Waals surface area contributed by atoms with Crippen molar-refractivity contribution in [1.29, 1.82) is 0 Å². The summed E-state index contributed by atoms with van der Waals surface area (Å²) < 4.78 is 24.9. The molecule has 5 heteroatoms. The number of carbonyl (C=O) groups is 1. The summed E-state index contributed by atoms with van der Waals surface area (Å²) in [6.07, 6.45) is 0.719. The number of benzene rings is 1. The van der Waals surface area contributed by atoms with Crippen LogP contribution in [0.2, 0.25) is 0 Å². The van der Waals surface area contributed by atoms with Gasteiger partial charge in [0.1, 0.15) is 0 Å². The van der Waals surface area contributed by atoms with Gasteiger partial charge in [-0.2, -0.15) is 0 Å². The van der Waals surface area contributed by atoms with E-state index in [0.717, 1.165) is 5.56 Å². The standard InChI is InChI=1S/C12H17NO3S.H2/c1-10(2)17(15,16)13-12(14)9-8-11-6-4-3-5-7-11;/h3-7,10H,8-9H2,1-2H3,(H,13,14);1H. The molecule has 1 aromatic carbocycles. The molecule has 0 bridgehead atoms. The Bertz CT molecular complexity index is 471. The predicted octanol–water partition coefficient (Wildman–Crippen LogP) is 1.72. The lowest BCUT2D eigenvalue weighted by Crippen LogP contribution is -2.35. The Morgan fingerprint density at radius 1 is 1.29 bits per heavy atom. The third-order valence-corrected chi connectivity index (χ3v) is 4.11. The van der Waals surface area contributed by atoms with Gasteiger partial charge in [0, 0.05) is 7.85 Å². The molecule has 1 rings (SSSR count). The topological polar surface area (TPSA) is 63.2 Å². The normalized spacial score (nSPS) is 11.5. The Morgan fingerprint density at radius 3 is 2.41 bits per heavy atom. The summed E-state index contributed by atoms with van der Waals surface area (Å²) in [6, 6.07) is 9.48. The lowest BCUT2D eigenvalue weighted by atomic mass is 10.1. The summed E-state index contributed by atoms with van der Waals surface area (Å²) in [6.45, 7) is 3.07. The van der Waals surface area contributed by atoms with Crippen LogP contribution in [0.3, 0.4) is 0 Å². The van der Waals surface area contributed by atoms with Crippen LogP contribution in [0.4, 0.5) is 0 Å². The first kappa shape index (κ1) is 13.7. The second-order valence-corrected chi connectivity index (χ2v) is 6.34. The first-order chi connectivity index (χ1) is 7.92. The second kappa shape index (κ2) is 5.82. The molecule has 4 nitrogen and oxygen atoms in total. The maximum Gasteiger partial charge on any atom is 0.237 e. The first-order valence-electron chi connectivity index (χ1n) is 5.50. The van der Waals surface area contributed by atoms with Crippen molar-refractivity contribution < 1.29 is 14.6 Å². The molecule has 1 N–H and O–H groups in total. The van der Waals surface area contributed by atoms with Crippen LogP contribution in [0.5, 0.6) is 0 Å². The smallest absolute Gasteiger partial charge is 0.237 e. The van der Waals surface area contributed by atoms with Crippen LogP contribution in [0.15, 0.2) is 30.3 Å². The maximum absolute atomic E-state index is 11.4. The molecule has 1 amide bonds. The van der Waals surface area contributed by atoms with Gasteiger partial charge in [0.05, 0.1) is 5.25 Å². The summed E-state index contributed by atoms with van der Waals surface area (Å²) >= 11 is 0. The van der Waals surface area contributed by atoms with E-state index in [-0.39, 0.29) is 7.85 Å². The number of hydrogen-bond donors (Lipinski definition) is 1. The minimum absolute atomic E-state index is 0. The summed E-state index contributed by atoms with van der Waals surface area (Å²) in [5.41, 5.74) is 1.02. The molecular weight excluding hydrogens is 238 g/mol. The predicted molar refractivity (Wildman–Crippen MR) is 69.1 cm³/mol. The van der Waals surface area contributed by atoms with Gasteiger partial charge in [-0.05, 0) is 25.8 Å². The quantitative estimate of drug-likeness (QED) is 0.873. The number of nitrogens with one attached hydrogen (secondary N) is 1. The number of aryl methyl sites for hydroxylation is 1. The van der Waals surface area contributed by atoms with E-state index in [9.17, 15) is 13.2 Å². The first-order valence-corrected chi connectivity index (χ1v) is 7.05. The number of hydrogen-bond acceptors (Lipinski definition) is 3. The highest BCUT2D eigenvalue weighted by Gasteiger charge is 2.18. The second-order valence-electron chi connectivity index (χ2n) is 4.10. The van der Waals surface area contributed by atoms with Gasteiger partial charge in [-0.15, -0.1) is 0 Å². The molecule has 0 radical (unpaired) electrons. The van der Waals surface area contributed by atoms with Crippen molar-refractivity contribution in [2.75, 3.05) is 0 Å². The van der Waals surface area contributed by atoms with Gasteiger partial charge < -0.3 is 0 Å². The fourth-order valence-corrected chi connectivity index (χ4v) is 1.89. The molecule has 0 fully saturated rings. The molecule has 96 valence electrons. The molecule has 0 aromatic heterocycles. The van der Waals surface area contributed by atoms with Gasteiger partial charge in [-0.1, -0.05) is 30.3 Å².